The van der Waals surface area contributed by atoms with Crippen molar-refractivity contribution in [1.29, 1.82) is 5.41 Å². The molecule has 0 aromatic rings. The zero-order chi connectivity index (χ0) is 7.84. The van der Waals surface area contributed by atoms with Gasteiger partial charge in [0.2, 0.25) is 0 Å². The van der Waals surface area contributed by atoms with Gasteiger partial charge in [0.15, 0.2) is 0 Å². The van der Waals surface area contributed by atoms with Crippen LogP contribution in [0.25, 0.3) is 0 Å². The van der Waals surface area contributed by atoms with Crippen molar-refractivity contribution in [2.75, 3.05) is 13.2 Å². The number of fused-ring (bicyclic) bond motifs is 1. The largest absolute Gasteiger partial charge is 0.330 e. The second-order valence-electron chi connectivity index (χ2n) is 2.62. The predicted octanol–water partition coefficient (Wildman–Crippen LogP) is -0.662. The van der Waals surface area contributed by atoms with Crippen LogP contribution in [-0.4, -0.2) is 35.0 Å². The Morgan fingerprint density at radius 2 is 2.45 bits per heavy atom. The molecule has 58 valence electrons. The van der Waals surface area contributed by atoms with E-state index in [-0.39, 0.29) is 0 Å². The Morgan fingerprint density at radius 3 is 3.27 bits per heavy atom. The molecule has 0 unspecified atom stereocenters. The maximum atomic E-state index is 7.33. The molecule has 0 aromatic carbocycles. The molecule has 0 saturated carbocycles. The molecule has 0 saturated heterocycles. The van der Waals surface area contributed by atoms with Crippen LogP contribution < -0.4 is 5.84 Å². The summed E-state index contributed by atoms with van der Waals surface area (Å²) in [5.41, 5.74) is 0.525. The topological polar surface area (TPSA) is 68.7 Å². The zero-order valence-electron chi connectivity index (χ0n) is 5.99. The minimum Gasteiger partial charge on any atom is -0.330 e. The third-order valence-corrected chi connectivity index (χ3v) is 1.65. The van der Waals surface area contributed by atoms with E-state index in [9.17, 15) is 0 Å². The molecular formula is C6H9N5. The summed E-state index contributed by atoms with van der Waals surface area (Å²) in [6.07, 6.45) is 3.32. The van der Waals surface area contributed by atoms with E-state index < -0.39 is 0 Å². The lowest BCUT2D eigenvalue weighted by Crippen LogP contribution is -2.36. The van der Waals surface area contributed by atoms with Crippen molar-refractivity contribution in [2.45, 2.75) is 0 Å². The Labute approximate surface area is 64.3 Å². The number of nitrogens with zero attached hydrogens (tertiary/aromatic N) is 3. The van der Waals surface area contributed by atoms with Crippen LogP contribution >= 0.6 is 0 Å². The third-order valence-electron chi connectivity index (χ3n) is 1.65. The average Bonchev–Trinajstić information content (AvgIpc) is 2.27. The summed E-state index contributed by atoms with van der Waals surface area (Å²) in [7, 11) is 0. The molecule has 2 heterocycles. The van der Waals surface area contributed by atoms with E-state index in [4.69, 9.17) is 11.3 Å². The predicted molar refractivity (Wildman–Crippen MR) is 41.9 cm³/mol. The fraction of sp³-hybridized carbons (Fsp3) is 0.333. The van der Waals surface area contributed by atoms with Gasteiger partial charge in [0, 0.05) is 0 Å². The number of hydrazine groups is 1. The van der Waals surface area contributed by atoms with Crippen LogP contribution in [0.4, 0.5) is 0 Å². The normalized spacial score (nSPS) is 22.3. The number of aliphatic imine (C=N–C) groups is 1. The molecule has 11 heavy (non-hydrogen) atoms. The van der Waals surface area contributed by atoms with E-state index >= 15 is 0 Å². The smallest absolute Gasteiger partial charge is 0.148 e. The molecule has 0 aromatic heterocycles. The van der Waals surface area contributed by atoms with Gasteiger partial charge in [0.1, 0.15) is 12.5 Å². The van der Waals surface area contributed by atoms with E-state index in [0.29, 0.717) is 18.9 Å². The lowest BCUT2D eigenvalue weighted by Gasteiger charge is -2.21. The maximum absolute atomic E-state index is 7.33. The highest BCUT2D eigenvalue weighted by Gasteiger charge is 2.21. The van der Waals surface area contributed by atoms with Gasteiger partial charge in [-0.05, 0) is 0 Å². The fourth-order valence-electron chi connectivity index (χ4n) is 1.18. The minimum atomic E-state index is 0.525. The van der Waals surface area contributed by atoms with Crippen molar-refractivity contribution in [2.24, 2.45) is 10.8 Å². The summed E-state index contributed by atoms with van der Waals surface area (Å²) < 4.78 is 0. The lowest BCUT2D eigenvalue weighted by molar-refractivity contribution is 0.280. The van der Waals surface area contributed by atoms with E-state index in [2.05, 4.69) is 4.99 Å². The van der Waals surface area contributed by atoms with Crippen LogP contribution in [-0.2, 0) is 0 Å². The van der Waals surface area contributed by atoms with E-state index in [1.54, 1.807) is 17.4 Å². The fourth-order valence-corrected chi connectivity index (χ4v) is 1.18. The average molecular weight is 151 g/mol. The summed E-state index contributed by atoms with van der Waals surface area (Å²) in [6, 6.07) is 0. The number of nitrogens with one attached hydrogen (secondary N) is 1. The Balaban J connectivity index is 2.26. The van der Waals surface area contributed by atoms with Crippen molar-refractivity contribution in [1.82, 2.24) is 9.91 Å². The molecular weight excluding hydrogens is 142 g/mol. The molecule has 2 aliphatic rings. The van der Waals surface area contributed by atoms with E-state index in [1.807, 2.05) is 4.90 Å². The molecule has 0 atom stereocenters. The summed E-state index contributed by atoms with van der Waals surface area (Å²) in [5.74, 6) is 6.36. The maximum Gasteiger partial charge on any atom is 0.148 e. The summed E-state index contributed by atoms with van der Waals surface area (Å²) >= 11 is 0. The molecule has 2 aliphatic heterocycles. The Morgan fingerprint density at radius 1 is 1.64 bits per heavy atom. The summed E-state index contributed by atoms with van der Waals surface area (Å²) in [6.45, 7) is 1.25. The van der Waals surface area contributed by atoms with Gasteiger partial charge in [0.05, 0.1) is 24.7 Å². The van der Waals surface area contributed by atoms with Gasteiger partial charge in [0.25, 0.3) is 0 Å². The third kappa shape index (κ3) is 0.988. The molecule has 0 spiro atoms. The van der Waals surface area contributed by atoms with Crippen LogP contribution in [0.15, 0.2) is 17.0 Å². The van der Waals surface area contributed by atoms with Crippen molar-refractivity contribution < 1.29 is 0 Å². The molecule has 5 heteroatoms. The number of hydrogen-bond acceptors (Lipinski definition) is 5. The number of hydrogen-bond donors (Lipinski definition) is 2. The van der Waals surface area contributed by atoms with Gasteiger partial charge in [-0.3, -0.25) is 5.01 Å². The Hall–Kier alpha value is -1.36. The molecule has 5 nitrogen and oxygen atoms in total. The molecule has 0 radical (unpaired) electrons. The van der Waals surface area contributed by atoms with Gasteiger partial charge >= 0.3 is 0 Å². The zero-order valence-corrected chi connectivity index (χ0v) is 5.99. The Kier molecular flexibility index (Phi) is 1.19. The van der Waals surface area contributed by atoms with E-state index in [0.717, 1.165) is 5.82 Å². The molecule has 3 N–H and O–H groups in total. The van der Waals surface area contributed by atoms with Gasteiger partial charge in [-0.15, -0.1) is 0 Å². The first kappa shape index (κ1) is 6.36. The molecule has 0 fully saturated rings. The molecule has 0 aliphatic carbocycles. The first-order valence-electron chi connectivity index (χ1n) is 3.35. The second-order valence-corrected chi connectivity index (χ2v) is 2.62. The van der Waals surface area contributed by atoms with Crippen LogP contribution in [0.1, 0.15) is 0 Å². The molecule has 0 bridgehead atoms. The number of nitrogens with two attached hydrogens (primary N) is 1. The highest BCUT2D eigenvalue weighted by Crippen LogP contribution is 2.15. The lowest BCUT2D eigenvalue weighted by atomic mass is 10.3. The summed E-state index contributed by atoms with van der Waals surface area (Å²) in [5, 5.41) is 8.89. The van der Waals surface area contributed by atoms with Crippen LogP contribution in [0.2, 0.25) is 0 Å². The first-order valence-corrected chi connectivity index (χ1v) is 3.35. The van der Waals surface area contributed by atoms with Gasteiger partial charge in [-0.1, -0.05) is 0 Å². The van der Waals surface area contributed by atoms with E-state index in [1.165, 1.54) is 0 Å². The standard InChI is InChI=1S/C6H9N5/c7-5-1-9-6-3-11(8)4-10(6)2-5/h1,3,7H,2,4,8H2. The minimum absolute atomic E-state index is 0.525. The van der Waals surface area contributed by atoms with Crippen molar-refractivity contribution in [3.63, 3.8) is 0 Å². The molecule has 0 amide bonds. The Bertz CT molecular complexity index is 254. The first-order chi connectivity index (χ1) is 5.25. The van der Waals surface area contributed by atoms with Gasteiger partial charge in [-0.25, -0.2) is 10.8 Å². The van der Waals surface area contributed by atoms with Crippen LogP contribution in [0.3, 0.4) is 0 Å². The SMILES string of the molecule is N=C1C=NC2=CN(N)CN2C1. The van der Waals surface area contributed by atoms with Crippen molar-refractivity contribution in [3.8, 4) is 0 Å². The molecule has 2 rings (SSSR count). The monoisotopic (exact) mass is 151 g/mol. The van der Waals surface area contributed by atoms with Crippen molar-refractivity contribution >= 4 is 11.9 Å². The van der Waals surface area contributed by atoms with Crippen LogP contribution in [0, 0.1) is 5.41 Å². The highest BCUT2D eigenvalue weighted by molar-refractivity contribution is 6.30. The number of rotatable bonds is 0. The summed E-state index contributed by atoms with van der Waals surface area (Å²) in [4.78, 5) is 5.99. The van der Waals surface area contributed by atoms with Crippen LogP contribution in [0.5, 0.6) is 0 Å². The van der Waals surface area contributed by atoms with Gasteiger partial charge in [-0.2, -0.15) is 0 Å². The van der Waals surface area contributed by atoms with Gasteiger partial charge < -0.3 is 10.3 Å². The van der Waals surface area contributed by atoms with Crippen molar-refractivity contribution in [3.05, 3.63) is 12.0 Å². The highest BCUT2D eigenvalue weighted by atomic mass is 15.5. The quantitative estimate of drug-likeness (QED) is 0.451. The second kappa shape index (κ2) is 2.06.